The Hall–Kier alpha value is -5.36. The Labute approximate surface area is 255 Å². The maximum Gasteiger partial charge on any atom is 0.367 e. The number of hydrogen-bond donors (Lipinski definition) is 1. The Morgan fingerprint density at radius 1 is 0.977 bits per heavy atom. The van der Waals surface area contributed by atoms with E-state index in [1.165, 1.54) is 32.4 Å². The molecule has 1 aromatic heterocycles. The van der Waals surface area contributed by atoms with Crippen molar-refractivity contribution in [2.24, 2.45) is 4.99 Å². The number of nitrogens with one attached hydrogen (secondary N) is 1. The van der Waals surface area contributed by atoms with Crippen molar-refractivity contribution in [2.75, 3.05) is 19.5 Å². The summed E-state index contributed by atoms with van der Waals surface area (Å²) in [4.78, 5) is 55.4. The lowest BCUT2D eigenvalue weighted by Gasteiger charge is -2.16. The molecule has 222 valence electrons. The molecule has 6 rings (SSSR count). The molecule has 1 saturated heterocycles. The maximum atomic E-state index is 15.2. The standard InChI is InChI=1S/C31H23ClFN5O6/c1-42-23-5-3-4-22(33)27(23)29-21-12-17(32)6-8-19(21)28-16(14-34-29)15-35-31(37-28)36-18-7-9-20(24(13-18)43-2)30(41)44-38-25(39)10-11-26(38)40/h3-9,12-13,15H,10-11,14H2,1-2H3,(H,35,36,37). The molecule has 0 aliphatic carbocycles. The molecule has 2 aliphatic heterocycles. The minimum absolute atomic E-state index is 0.00690. The summed E-state index contributed by atoms with van der Waals surface area (Å²) in [7, 11) is 2.83. The number of imide groups is 1. The highest BCUT2D eigenvalue weighted by atomic mass is 35.5. The molecule has 0 unspecified atom stereocenters. The predicted molar refractivity (Wildman–Crippen MR) is 158 cm³/mol. The van der Waals surface area contributed by atoms with Gasteiger partial charge in [0.05, 0.1) is 37.7 Å². The van der Waals surface area contributed by atoms with Crippen LogP contribution in [0.2, 0.25) is 5.02 Å². The number of hydroxylamine groups is 2. The first kappa shape index (κ1) is 28.7. The molecule has 0 spiro atoms. The van der Waals surface area contributed by atoms with Crippen LogP contribution in [-0.4, -0.2) is 52.7 Å². The van der Waals surface area contributed by atoms with E-state index in [0.29, 0.717) is 49.6 Å². The number of carbonyl (C=O) groups excluding carboxylic acids is 3. The fraction of sp³-hybridized carbons (Fsp3) is 0.161. The Kier molecular flexibility index (Phi) is 7.66. The number of aromatic nitrogens is 2. The van der Waals surface area contributed by atoms with Crippen LogP contribution in [0, 0.1) is 5.82 Å². The minimum atomic E-state index is -0.921. The number of aliphatic imine (C=N–C) groups is 1. The van der Waals surface area contributed by atoms with Crippen molar-refractivity contribution in [3.63, 3.8) is 0 Å². The number of amides is 2. The number of carbonyl (C=O) groups is 3. The molecule has 0 radical (unpaired) electrons. The van der Waals surface area contributed by atoms with E-state index in [-0.39, 0.29) is 42.2 Å². The van der Waals surface area contributed by atoms with E-state index in [0.717, 1.165) is 0 Å². The third-order valence-electron chi connectivity index (χ3n) is 7.05. The quantitative estimate of drug-likeness (QED) is 0.276. The van der Waals surface area contributed by atoms with E-state index in [9.17, 15) is 14.4 Å². The molecule has 3 heterocycles. The van der Waals surface area contributed by atoms with Crippen LogP contribution in [0.3, 0.4) is 0 Å². The molecule has 13 heteroatoms. The Morgan fingerprint density at radius 3 is 2.50 bits per heavy atom. The highest BCUT2D eigenvalue weighted by Gasteiger charge is 2.34. The fourth-order valence-electron chi connectivity index (χ4n) is 4.96. The summed E-state index contributed by atoms with van der Waals surface area (Å²) < 4.78 is 26.0. The largest absolute Gasteiger partial charge is 0.496 e. The van der Waals surface area contributed by atoms with Gasteiger partial charge in [-0.05, 0) is 36.4 Å². The van der Waals surface area contributed by atoms with Crippen LogP contribution in [0.1, 0.15) is 39.9 Å². The van der Waals surface area contributed by atoms with E-state index < -0.39 is 23.6 Å². The number of nitrogens with zero attached hydrogens (tertiary/aromatic N) is 4. The number of halogens is 2. The second-order valence-electron chi connectivity index (χ2n) is 9.74. The molecule has 0 saturated carbocycles. The molecule has 2 aliphatic rings. The molecular weight excluding hydrogens is 593 g/mol. The average molecular weight is 616 g/mol. The van der Waals surface area contributed by atoms with Crippen LogP contribution in [0.5, 0.6) is 11.5 Å². The summed E-state index contributed by atoms with van der Waals surface area (Å²) in [6.45, 7) is 0.168. The third kappa shape index (κ3) is 5.31. The van der Waals surface area contributed by atoms with E-state index in [4.69, 9.17) is 35.9 Å². The zero-order valence-corrected chi connectivity index (χ0v) is 24.1. The van der Waals surface area contributed by atoms with Crippen molar-refractivity contribution >= 4 is 46.7 Å². The fourth-order valence-corrected chi connectivity index (χ4v) is 5.13. The lowest BCUT2D eigenvalue weighted by Crippen LogP contribution is -2.32. The van der Waals surface area contributed by atoms with Gasteiger partial charge < -0.3 is 19.6 Å². The van der Waals surface area contributed by atoms with Gasteiger partial charge in [0.25, 0.3) is 11.8 Å². The molecule has 44 heavy (non-hydrogen) atoms. The lowest BCUT2D eigenvalue weighted by molar-refractivity contribution is -0.172. The lowest BCUT2D eigenvalue weighted by atomic mass is 9.94. The highest BCUT2D eigenvalue weighted by molar-refractivity contribution is 6.31. The van der Waals surface area contributed by atoms with Crippen molar-refractivity contribution in [1.29, 1.82) is 0 Å². The molecule has 0 bridgehead atoms. The van der Waals surface area contributed by atoms with Gasteiger partial charge in [-0.15, -0.1) is 5.06 Å². The number of fused-ring (bicyclic) bond motifs is 3. The second-order valence-corrected chi connectivity index (χ2v) is 10.2. The van der Waals surface area contributed by atoms with Gasteiger partial charge in [0, 0.05) is 52.5 Å². The summed E-state index contributed by atoms with van der Waals surface area (Å²) in [6.07, 6.45) is 1.59. The van der Waals surface area contributed by atoms with Gasteiger partial charge in [0.1, 0.15) is 22.9 Å². The summed E-state index contributed by atoms with van der Waals surface area (Å²) in [5, 5.41) is 4.01. The zero-order valence-electron chi connectivity index (χ0n) is 23.4. The number of rotatable bonds is 7. The highest BCUT2D eigenvalue weighted by Crippen LogP contribution is 2.36. The maximum absolute atomic E-state index is 15.2. The Bertz CT molecular complexity index is 1860. The van der Waals surface area contributed by atoms with E-state index in [2.05, 4.69) is 10.3 Å². The molecular formula is C31H23ClFN5O6. The van der Waals surface area contributed by atoms with Crippen LogP contribution < -0.4 is 14.8 Å². The van der Waals surface area contributed by atoms with Crippen molar-refractivity contribution in [2.45, 2.75) is 19.4 Å². The number of anilines is 2. The van der Waals surface area contributed by atoms with Gasteiger partial charge in [-0.3, -0.25) is 14.6 Å². The number of benzene rings is 3. The van der Waals surface area contributed by atoms with Crippen LogP contribution in [-0.2, 0) is 21.0 Å². The van der Waals surface area contributed by atoms with Crippen LogP contribution >= 0.6 is 11.6 Å². The van der Waals surface area contributed by atoms with Gasteiger partial charge in [0.2, 0.25) is 5.95 Å². The molecule has 1 N–H and O–H groups in total. The van der Waals surface area contributed by atoms with Crippen LogP contribution in [0.15, 0.2) is 65.8 Å². The molecule has 1 fully saturated rings. The Balaban J connectivity index is 1.32. The summed E-state index contributed by atoms with van der Waals surface area (Å²) in [6, 6.07) is 14.3. The van der Waals surface area contributed by atoms with E-state index >= 15 is 4.39 Å². The number of ether oxygens (including phenoxy) is 2. The normalized spacial score (nSPS) is 13.9. The van der Waals surface area contributed by atoms with Gasteiger partial charge in [0.15, 0.2) is 0 Å². The first-order chi connectivity index (χ1) is 21.3. The van der Waals surface area contributed by atoms with Gasteiger partial charge >= 0.3 is 5.97 Å². The summed E-state index contributed by atoms with van der Waals surface area (Å²) in [5.41, 5.74) is 3.57. The Morgan fingerprint density at radius 2 is 1.75 bits per heavy atom. The van der Waals surface area contributed by atoms with Crippen LogP contribution in [0.4, 0.5) is 16.0 Å². The van der Waals surface area contributed by atoms with E-state index in [1.54, 1.807) is 42.6 Å². The first-order valence-corrected chi connectivity index (χ1v) is 13.7. The van der Waals surface area contributed by atoms with Crippen LogP contribution in [0.25, 0.3) is 11.3 Å². The zero-order chi connectivity index (χ0) is 31.0. The summed E-state index contributed by atoms with van der Waals surface area (Å²) >= 11 is 6.38. The SMILES string of the molecule is COc1cc(Nc2ncc3c(n2)-c2ccc(Cl)cc2C(c2c(F)cccc2OC)=NC3)ccc1C(=O)ON1C(=O)CCC1=O. The van der Waals surface area contributed by atoms with Gasteiger partial charge in [-0.25, -0.2) is 19.2 Å². The molecule has 0 atom stereocenters. The summed E-state index contributed by atoms with van der Waals surface area (Å²) in [5.74, 6) is -1.91. The third-order valence-corrected chi connectivity index (χ3v) is 7.29. The van der Waals surface area contributed by atoms with Gasteiger partial charge in [-0.2, -0.15) is 0 Å². The molecule has 4 aromatic rings. The molecule has 3 aromatic carbocycles. The van der Waals surface area contributed by atoms with Gasteiger partial charge in [-0.1, -0.05) is 23.7 Å². The van der Waals surface area contributed by atoms with Crippen molar-refractivity contribution in [3.05, 3.63) is 93.9 Å². The van der Waals surface area contributed by atoms with Crippen molar-refractivity contribution in [3.8, 4) is 22.8 Å². The van der Waals surface area contributed by atoms with Crippen molar-refractivity contribution in [1.82, 2.24) is 15.0 Å². The molecule has 11 nitrogen and oxygen atoms in total. The second kappa shape index (κ2) is 11.7. The number of hydrogen-bond acceptors (Lipinski definition) is 10. The molecule has 2 amide bonds. The van der Waals surface area contributed by atoms with E-state index in [1.807, 2.05) is 0 Å². The predicted octanol–water partition coefficient (Wildman–Crippen LogP) is 5.27. The average Bonchev–Trinajstić information content (AvgIpc) is 3.25. The monoisotopic (exact) mass is 615 g/mol. The smallest absolute Gasteiger partial charge is 0.367 e. The van der Waals surface area contributed by atoms with Crippen molar-refractivity contribution < 1.29 is 33.1 Å². The topological polar surface area (TPSA) is 132 Å². The number of methoxy groups -OCH3 is 2. The minimum Gasteiger partial charge on any atom is -0.496 e. The first-order valence-electron chi connectivity index (χ1n) is 13.3.